The monoisotopic (exact) mass is 416 g/mol. The number of benzene rings is 1. The Morgan fingerprint density at radius 3 is 2.17 bits per heavy atom. The number of hydrogen-bond acceptors (Lipinski definition) is 4. The van der Waals surface area contributed by atoms with Gasteiger partial charge in [0.15, 0.2) is 0 Å². The number of carbonyl (C=O) groups is 2. The van der Waals surface area contributed by atoms with E-state index in [-0.39, 0.29) is 17.8 Å². The van der Waals surface area contributed by atoms with Crippen molar-refractivity contribution in [2.24, 2.45) is 23.7 Å². The van der Waals surface area contributed by atoms with Gasteiger partial charge >= 0.3 is 5.97 Å². The molecule has 0 spiro atoms. The second-order valence-corrected chi connectivity index (χ2v) is 9.69. The molecule has 0 aromatic heterocycles. The molecule has 1 aromatic carbocycles. The Kier molecular flexibility index (Phi) is 10.8. The predicted octanol–water partition coefficient (Wildman–Crippen LogP) is 4.99. The van der Waals surface area contributed by atoms with Crippen molar-refractivity contribution in [3.05, 3.63) is 42.0 Å². The number of hydrazine groups is 1. The fourth-order valence-electron chi connectivity index (χ4n) is 3.11. The van der Waals surface area contributed by atoms with E-state index in [0.717, 1.165) is 5.56 Å². The molecule has 2 N–H and O–H groups in total. The van der Waals surface area contributed by atoms with Gasteiger partial charge in [0.2, 0.25) is 5.91 Å². The van der Waals surface area contributed by atoms with Gasteiger partial charge in [-0.2, -0.15) is 0 Å². The lowest BCUT2D eigenvalue weighted by Crippen LogP contribution is -2.47. The minimum absolute atomic E-state index is 0.159. The normalized spacial score (nSPS) is 14.2. The average Bonchev–Trinajstić information content (AvgIpc) is 2.62. The van der Waals surface area contributed by atoms with Gasteiger partial charge in [-0.3, -0.25) is 15.0 Å². The minimum atomic E-state index is -0.604. The largest absolute Gasteiger partial charge is 0.460 e. The summed E-state index contributed by atoms with van der Waals surface area (Å²) in [5.41, 5.74) is 6.25. The SMILES string of the molecule is CC(C)CNNC(=O)[C@H](CC(C)C)[C@H](CC=Cc1ccccc1)C(=O)OC(C)(C)C. The maximum atomic E-state index is 13.1. The topological polar surface area (TPSA) is 67.4 Å². The van der Waals surface area contributed by atoms with Crippen molar-refractivity contribution in [3.8, 4) is 0 Å². The molecule has 0 saturated heterocycles. The van der Waals surface area contributed by atoms with Gasteiger partial charge < -0.3 is 4.74 Å². The van der Waals surface area contributed by atoms with Gasteiger partial charge in [0.1, 0.15) is 5.60 Å². The number of allylic oxidation sites excluding steroid dienone is 1. The number of hydrogen-bond donors (Lipinski definition) is 2. The zero-order valence-electron chi connectivity index (χ0n) is 19.7. The Hall–Kier alpha value is -2.14. The van der Waals surface area contributed by atoms with Crippen molar-refractivity contribution in [2.75, 3.05) is 6.54 Å². The van der Waals surface area contributed by atoms with Crippen LogP contribution < -0.4 is 10.9 Å². The highest BCUT2D eigenvalue weighted by molar-refractivity contribution is 5.85. The summed E-state index contributed by atoms with van der Waals surface area (Å²) in [5.74, 6) is -0.830. The van der Waals surface area contributed by atoms with Crippen LogP contribution >= 0.6 is 0 Å². The minimum Gasteiger partial charge on any atom is -0.460 e. The van der Waals surface area contributed by atoms with Crippen molar-refractivity contribution in [1.82, 2.24) is 10.9 Å². The molecule has 0 aliphatic heterocycles. The van der Waals surface area contributed by atoms with Crippen LogP contribution in [0.4, 0.5) is 0 Å². The molecule has 0 saturated carbocycles. The lowest BCUT2D eigenvalue weighted by molar-refractivity contribution is -0.164. The molecule has 30 heavy (non-hydrogen) atoms. The van der Waals surface area contributed by atoms with Crippen LogP contribution in [0.3, 0.4) is 0 Å². The van der Waals surface area contributed by atoms with E-state index in [0.29, 0.717) is 25.3 Å². The first-order valence-electron chi connectivity index (χ1n) is 11.0. The van der Waals surface area contributed by atoms with Crippen LogP contribution in [0.2, 0.25) is 0 Å². The standard InChI is InChI=1S/C25H40N2O3/c1-18(2)16-22(23(28)27-26-17-19(3)4)21(24(29)30-25(5,6)7)15-11-14-20-12-9-8-10-13-20/h8-14,18-19,21-22,26H,15-17H2,1-7H3,(H,27,28)/t21-,22+/m0/s1. The third-order valence-corrected chi connectivity index (χ3v) is 4.48. The molecule has 168 valence electrons. The van der Waals surface area contributed by atoms with Gasteiger partial charge in [0.05, 0.1) is 11.8 Å². The molecule has 0 aliphatic carbocycles. The van der Waals surface area contributed by atoms with Crippen LogP contribution in [0.15, 0.2) is 36.4 Å². The molecule has 0 bridgehead atoms. The first-order chi connectivity index (χ1) is 14.0. The predicted molar refractivity (Wildman–Crippen MR) is 123 cm³/mol. The molecule has 1 amide bonds. The number of ether oxygens (including phenoxy) is 1. The van der Waals surface area contributed by atoms with Gasteiger partial charge in [-0.05, 0) is 51.0 Å². The summed E-state index contributed by atoms with van der Waals surface area (Å²) in [6.45, 7) is 14.5. The second-order valence-electron chi connectivity index (χ2n) is 9.69. The van der Waals surface area contributed by atoms with Gasteiger partial charge in [0.25, 0.3) is 0 Å². The van der Waals surface area contributed by atoms with Crippen LogP contribution in [-0.2, 0) is 14.3 Å². The summed E-state index contributed by atoms with van der Waals surface area (Å²) >= 11 is 0. The fourth-order valence-corrected chi connectivity index (χ4v) is 3.11. The van der Waals surface area contributed by atoms with Gasteiger partial charge in [-0.15, -0.1) is 0 Å². The molecule has 5 nitrogen and oxygen atoms in total. The summed E-state index contributed by atoms with van der Waals surface area (Å²) in [7, 11) is 0. The second kappa shape index (κ2) is 12.5. The van der Waals surface area contributed by atoms with Crippen LogP contribution in [-0.4, -0.2) is 24.0 Å². The van der Waals surface area contributed by atoms with E-state index < -0.39 is 17.4 Å². The van der Waals surface area contributed by atoms with Crippen molar-refractivity contribution in [2.45, 2.75) is 66.9 Å². The molecule has 0 aliphatic rings. The summed E-state index contributed by atoms with van der Waals surface area (Å²) in [6.07, 6.45) is 5.00. The van der Waals surface area contributed by atoms with E-state index in [9.17, 15) is 9.59 Å². The number of nitrogens with one attached hydrogen (secondary N) is 2. The van der Waals surface area contributed by atoms with Crippen LogP contribution in [0.5, 0.6) is 0 Å². The Labute approximate surface area is 182 Å². The highest BCUT2D eigenvalue weighted by Crippen LogP contribution is 2.28. The Morgan fingerprint density at radius 1 is 1.00 bits per heavy atom. The summed E-state index contributed by atoms with van der Waals surface area (Å²) in [6, 6.07) is 9.93. The van der Waals surface area contributed by atoms with Crippen molar-refractivity contribution in [1.29, 1.82) is 0 Å². The van der Waals surface area contributed by atoms with Gasteiger partial charge in [-0.1, -0.05) is 70.2 Å². The zero-order chi connectivity index (χ0) is 22.7. The highest BCUT2D eigenvalue weighted by Gasteiger charge is 2.36. The molecule has 0 unspecified atom stereocenters. The Morgan fingerprint density at radius 2 is 1.63 bits per heavy atom. The first-order valence-corrected chi connectivity index (χ1v) is 11.0. The third kappa shape index (κ3) is 10.6. The van der Waals surface area contributed by atoms with Crippen LogP contribution in [0.1, 0.15) is 66.9 Å². The summed E-state index contributed by atoms with van der Waals surface area (Å²) in [4.78, 5) is 26.1. The maximum absolute atomic E-state index is 13.1. The number of esters is 1. The smallest absolute Gasteiger partial charge is 0.310 e. The highest BCUT2D eigenvalue weighted by atomic mass is 16.6. The first kappa shape index (κ1) is 25.9. The van der Waals surface area contributed by atoms with Crippen molar-refractivity contribution < 1.29 is 14.3 Å². The molecule has 5 heteroatoms. The molecule has 2 atom stereocenters. The van der Waals surface area contributed by atoms with Crippen LogP contribution in [0, 0.1) is 23.7 Å². The van der Waals surface area contributed by atoms with E-state index in [1.165, 1.54) is 0 Å². The average molecular weight is 417 g/mol. The molecule has 1 rings (SSSR count). The zero-order valence-corrected chi connectivity index (χ0v) is 19.7. The number of amides is 1. The van der Waals surface area contributed by atoms with Gasteiger partial charge in [-0.25, -0.2) is 5.43 Å². The quantitative estimate of drug-likeness (QED) is 0.394. The number of rotatable bonds is 11. The fraction of sp³-hybridized carbons (Fsp3) is 0.600. The maximum Gasteiger partial charge on any atom is 0.310 e. The summed E-state index contributed by atoms with van der Waals surface area (Å²) in [5, 5.41) is 0. The molecular weight excluding hydrogens is 376 g/mol. The van der Waals surface area contributed by atoms with E-state index in [1.54, 1.807) is 0 Å². The van der Waals surface area contributed by atoms with E-state index in [4.69, 9.17) is 4.74 Å². The third-order valence-electron chi connectivity index (χ3n) is 4.48. The van der Waals surface area contributed by atoms with Gasteiger partial charge in [0, 0.05) is 6.54 Å². The van der Waals surface area contributed by atoms with Crippen LogP contribution in [0.25, 0.3) is 6.08 Å². The molecule has 0 radical (unpaired) electrons. The molecular formula is C25H40N2O3. The molecule has 0 fully saturated rings. The van der Waals surface area contributed by atoms with Crippen molar-refractivity contribution >= 4 is 18.0 Å². The van der Waals surface area contributed by atoms with E-state index >= 15 is 0 Å². The Balaban J connectivity index is 3.05. The number of carbonyl (C=O) groups excluding carboxylic acids is 2. The molecule has 1 aromatic rings. The lowest BCUT2D eigenvalue weighted by Gasteiger charge is -2.29. The lowest BCUT2D eigenvalue weighted by atomic mass is 9.82. The van der Waals surface area contributed by atoms with E-state index in [2.05, 4.69) is 38.5 Å². The Bertz CT molecular complexity index is 675. The summed E-state index contributed by atoms with van der Waals surface area (Å²) < 4.78 is 5.68. The van der Waals surface area contributed by atoms with E-state index in [1.807, 2.05) is 63.3 Å². The van der Waals surface area contributed by atoms with Crippen molar-refractivity contribution in [3.63, 3.8) is 0 Å². The molecule has 0 heterocycles.